The lowest BCUT2D eigenvalue weighted by atomic mass is 10.1. The number of carboxylic acid groups (broad SMARTS) is 1. The lowest BCUT2D eigenvalue weighted by Gasteiger charge is -2.08. The standard InChI is InChI=1S/C17H22FNO2.C2H6/c1-4-5-6-15(8-10-17(20)21)19-13(3)14-7-9-16(18)12(2)11-14;1-2/h7,9,11H,3-6,8,10H2,1-2H3,(H,20,21);1-2H3. The third kappa shape index (κ3) is 8.29. The van der Waals surface area contributed by atoms with Crippen molar-refractivity contribution in [2.24, 2.45) is 4.99 Å². The summed E-state index contributed by atoms with van der Waals surface area (Å²) in [6.07, 6.45) is 3.25. The minimum atomic E-state index is -0.831. The highest BCUT2D eigenvalue weighted by Crippen LogP contribution is 2.19. The minimum Gasteiger partial charge on any atom is -0.481 e. The molecule has 3 nitrogen and oxygen atoms in total. The Bertz CT molecular complexity index is 550. The maximum absolute atomic E-state index is 13.3. The second kappa shape index (κ2) is 11.6. The van der Waals surface area contributed by atoms with E-state index in [9.17, 15) is 9.18 Å². The summed E-state index contributed by atoms with van der Waals surface area (Å²) in [7, 11) is 0. The number of rotatable bonds is 8. The number of hydrogen-bond acceptors (Lipinski definition) is 2. The Hall–Kier alpha value is -1.97. The molecule has 0 spiro atoms. The van der Waals surface area contributed by atoms with Crippen LogP contribution in [0.5, 0.6) is 0 Å². The largest absolute Gasteiger partial charge is 0.481 e. The molecule has 1 N–H and O–H groups in total. The van der Waals surface area contributed by atoms with E-state index in [4.69, 9.17) is 5.11 Å². The highest BCUT2D eigenvalue weighted by molar-refractivity contribution is 5.91. The van der Waals surface area contributed by atoms with Crippen LogP contribution in [0.15, 0.2) is 29.8 Å². The number of aryl methyl sites for hydroxylation is 1. The molecule has 0 saturated heterocycles. The van der Waals surface area contributed by atoms with E-state index < -0.39 is 5.97 Å². The molecule has 0 aliphatic heterocycles. The van der Waals surface area contributed by atoms with Crippen molar-refractivity contribution in [3.63, 3.8) is 0 Å². The van der Waals surface area contributed by atoms with Gasteiger partial charge in [0, 0.05) is 5.71 Å². The normalized spacial score (nSPS) is 10.7. The van der Waals surface area contributed by atoms with Gasteiger partial charge in [-0.2, -0.15) is 0 Å². The van der Waals surface area contributed by atoms with Crippen LogP contribution in [0.3, 0.4) is 0 Å². The van der Waals surface area contributed by atoms with Crippen LogP contribution in [0, 0.1) is 12.7 Å². The Morgan fingerprint density at radius 2 is 1.91 bits per heavy atom. The quantitative estimate of drug-likeness (QED) is 0.631. The van der Waals surface area contributed by atoms with Crippen LogP contribution in [0.25, 0.3) is 5.70 Å². The zero-order valence-electron chi connectivity index (χ0n) is 14.7. The number of hydrogen-bond donors (Lipinski definition) is 1. The predicted molar refractivity (Wildman–Crippen MR) is 95.3 cm³/mol. The molecule has 1 aromatic carbocycles. The Kier molecular flexibility index (Phi) is 10.6. The van der Waals surface area contributed by atoms with Crippen LogP contribution < -0.4 is 0 Å². The van der Waals surface area contributed by atoms with E-state index in [1.54, 1.807) is 19.1 Å². The Labute approximate surface area is 139 Å². The Balaban J connectivity index is 0.00000232. The average molecular weight is 321 g/mol. The summed E-state index contributed by atoms with van der Waals surface area (Å²) >= 11 is 0. The van der Waals surface area contributed by atoms with Crippen molar-refractivity contribution >= 4 is 17.4 Å². The van der Waals surface area contributed by atoms with Gasteiger partial charge in [-0.15, -0.1) is 0 Å². The molecule has 4 heteroatoms. The maximum atomic E-state index is 13.3. The van der Waals surface area contributed by atoms with Gasteiger partial charge in [-0.05, 0) is 55.5 Å². The van der Waals surface area contributed by atoms with E-state index in [0.717, 1.165) is 30.5 Å². The fourth-order valence-corrected chi connectivity index (χ4v) is 1.95. The number of aliphatic imine (C=N–C) groups is 1. The number of aliphatic carboxylic acids is 1. The molecule has 0 amide bonds. The molecule has 1 rings (SSSR count). The predicted octanol–water partition coefficient (Wildman–Crippen LogP) is 5.63. The van der Waals surface area contributed by atoms with Gasteiger partial charge in [0.2, 0.25) is 0 Å². The third-order valence-electron chi connectivity index (χ3n) is 3.23. The number of unbranched alkanes of at least 4 members (excludes halogenated alkanes) is 1. The lowest BCUT2D eigenvalue weighted by molar-refractivity contribution is -0.136. The number of carbonyl (C=O) groups is 1. The second-order valence-corrected chi connectivity index (χ2v) is 5.09. The van der Waals surface area contributed by atoms with Crippen LogP contribution in [0.1, 0.15) is 64.0 Å². The van der Waals surface area contributed by atoms with Crippen molar-refractivity contribution in [1.29, 1.82) is 0 Å². The zero-order valence-corrected chi connectivity index (χ0v) is 14.7. The van der Waals surface area contributed by atoms with Gasteiger partial charge in [-0.1, -0.05) is 33.8 Å². The van der Waals surface area contributed by atoms with E-state index in [1.165, 1.54) is 6.07 Å². The fraction of sp³-hybridized carbons (Fsp3) is 0.474. The molecule has 0 atom stereocenters. The van der Waals surface area contributed by atoms with Gasteiger partial charge < -0.3 is 5.11 Å². The molecule has 0 aliphatic carbocycles. The van der Waals surface area contributed by atoms with Crippen molar-refractivity contribution in [3.8, 4) is 0 Å². The average Bonchev–Trinajstić information content (AvgIpc) is 2.54. The van der Waals surface area contributed by atoms with Gasteiger partial charge in [0.1, 0.15) is 5.82 Å². The van der Waals surface area contributed by atoms with E-state index in [-0.39, 0.29) is 12.2 Å². The second-order valence-electron chi connectivity index (χ2n) is 5.09. The molecule has 1 aromatic rings. The van der Waals surface area contributed by atoms with Crippen LogP contribution in [0.4, 0.5) is 4.39 Å². The van der Waals surface area contributed by atoms with E-state index >= 15 is 0 Å². The van der Waals surface area contributed by atoms with Crippen molar-refractivity contribution < 1.29 is 14.3 Å². The van der Waals surface area contributed by atoms with Gasteiger partial charge in [-0.25, -0.2) is 4.39 Å². The lowest BCUT2D eigenvalue weighted by Crippen LogP contribution is -2.04. The molecule has 0 saturated carbocycles. The summed E-state index contributed by atoms with van der Waals surface area (Å²) in [5, 5.41) is 8.79. The summed E-state index contributed by atoms with van der Waals surface area (Å²) in [6, 6.07) is 4.74. The molecule has 23 heavy (non-hydrogen) atoms. The Morgan fingerprint density at radius 1 is 1.26 bits per heavy atom. The van der Waals surface area contributed by atoms with Crippen LogP contribution >= 0.6 is 0 Å². The van der Waals surface area contributed by atoms with Gasteiger partial charge in [0.25, 0.3) is 0 Å². The topological polar surface area (TPSA) is 49.7 Å². The van der Waals surface area contributed by atoms with Gasteiger partial charge >= 0.3 is 5.97 Å². The molecule has 0 radical (unpaired) electrons. The minimum absolute atomic E-state index is 0.0677. The zero-order chi connectivity index (χ0) is 17.8. The number of nitrogens with zero attached hydrogens (tertiary/aromatic N) is 1. The molecule has 0 heterocycles. The molecule has 0 aromatic heterocycles. The summed E-state index contributed by atoms with van der Waals surface area (Å²) in [5.41, 5.74) is 2.70. The molecular weight excluding hydrogens is 293 g/mol. The first-order valence-corrected chi connectivity index (χ1v) is 8.17. The van der Waals surface area contributed by atoms with Crippen molar-refractivity contribution in [2.45, 2.75) is 59.8 Å². The summed E-state index contributed by atoms with van der Waals surface area (Å²) in [5.74, 6) is -1.09. The molecule has 0 unspecified atom stereocenters. The van der Waals surface area contributed by atoms with E-state index in [1.807, 2.05) is 13.8 Å². The summed E-state index contributed by atoms with van der Waals surface area (Å²) in [4.78, 5) is 15.2. The van der Waals surface area contributed by atoms with Gasteiger partial charge in [0.05, 0.1) is 12.1 Å². The van der Waals surface area contributed by atoms with Crippen molar-refractivity contribution in [3.05, 3.63) is 41.7 Å². The van der Waals surface area contributed by atoms with Crippen molar-refractivity contribution in [2.75, 3.05) is 0 Å². The van der Waals surface area contributed by atoms with Crippen LogP contribution in [-0.2, 0) is 4.79 Å². The van der Waals surface area contributed by atoms with E-state index in [2.05, 4.69) is 18.5 Å². The Morgan fingerprint density at radius 3 is 2.43 bits per heavy atom. The molecule has 0 bridgehead atoms. The van der Waals surface area contributed by atoms with Crippen molar-refractivity contribution in [1.82, 2.24) is 0 Å². The summed E-state index contributed by atoms with van der Waals surface area (Å²) < 4.78 is 13.3. The smallest absolute Gasteiger partial charge is 0.303 e. The first-order valence-electron chi connectivity index (χ1n) is 8.17. The van der Waals surface area contributed by atoms with Gasteiger partial charge in [0.15, 0.2) is 0 Å². The van der Waals surface area contributed by atoms with Crippen LogP contribution in [0.2, 0.25) is 0 Å². The van der Waals surface area contributed by atoms with Gasteiger partial charge in [-0.3, -0.25) is 9.79 Å². The number of carboxylic acids is 1. The summed E-state index contributed by atoms with van der Waals surface area (Å²) in [6.45, 7) is 11.7. The van der Waals surface area contributed by atoms with E-state index in [0.29, 0.717) is 17.7 Å². The molecule has 0 fully saturated rings. The number of benzene rings is 1. The molecule has 0 aliphatic rings. The highest BCUT2D eigenvalue weighted by Gasteiger charge is 2.07. The third-order valence-corrected chi connectivity index (χ3v) is 3.23. The molecule has 128 valence electrons. The molecular formula is C19H28FNO2. The maximum Gasteiger partial charge on any atom is 0.303 e. The first-order chi connectivity index (χ1) is 10.9. The monoisotopic (exact) mass is 321 g/mol. The fourth-order valence-electron chi connectivity index (χ4n) is 1.95. The SMILES string of the molecule is C=C(N=C(CCCC)CCC(=O)O)c1ccc(F)c(C)c1.CC. The highest BCUT2D eigenvalue weighted by atomic mass is 19.1. The first kappa shape index (κ1) is 21.0. The number of halogens is 1. The van der Waals surface area contributed by atoms with Crippen LogP contribution in [-0.4, -0.2) is 16.8 Å².